The van der Waals surface area contributed by atoms with Gasteiger partial charge in [0.1, 0.15) is 10.7 Å². The Labute approximate surface area is 135 Å². The van der Waals surface area contributed by atoms with Crippen LogP contribution in [0.5, 0.6) is 0 Å². The Morgan fingerprint density at radius 2 is 1.79 bits per heavy atom. The van der Waals surface area contributed by atoms with Gasteiger partial charge in [-0.05, 0) is 18.2 Å². The Morgan fingerprint density at radius 3 is 2.58 bits per heavy atom. The van der Waals surface area contributed by atoms with Gasteiger partial charge in [0, 0.05) is 17.0 Å². The molecule has 2 aromatic rings. The van der Waals surface area contributed by atoms with Crippen molar-refractivity contribution in [2.75, 3.05) is 0 Å². The smallest absolute Gasteiger partial charge is 0.243 e. The van der Waals surface area contributed by atoms with Crippen LogP contribution in [0, 0.1) is 17.5 Å². The molecule has 124 valence electrons. The highest BCUT2D eigenvalue weighted by Gasteiger charge is 2.22. The van der Waals surface area contributed by atoms with Crippen molar-refractivity contribution in [2.45, 2.75) is 11.4 Å². The average molecular weight is 352 g/mol. The maximum absolute atomic E-state index is 13.6. The summed E-state index contributed by atoms with van der Waals surface area (Å²) in [4.78, 5) is 2.02. The minimum absolute atomic E-state index is 0.174. The number of nitrogens with one attached hydrogen (secondary N) is 2. The summed E-state index contributed by atoms with van der Waals surface area (Å²) in [5.74, 6) is -4.26. The molecule has 0 saturated heterocycles. The zero-order chi connectivity index (χ0) is 17.3. The summed E-state index contributed by atoms with van der Waals surface area (Å²) >= 11 is 0. The highest BCUT2D eigenvalue weighted by atomic mass is 32.2. The van der Waals surface area contributed by atoms with E-state index in [1.807, 2.05) is 6.08 Å². The van der Waals surface area contributed by atoms with Gasteiger partial charge in [0.25, 0.3) is 0 Å². The van der Waals surface area contributed by atoms with Crippen molar-refractivity contribution >= 4 is 21.8 Å². The minimum Gasteiger partial charge on any atom is -0.351 e. The Balaban J connectivity index is 1.87. The molecular weight excluding hydrogens is 341 g/mol. The normalized spacial score (nSPS) is 13.1. The van der Waals surface area contributed by atoms with E-state index in [-0.39, 0.29) is 12.6 Å². The molecule has 0 amide bonds. The number of aromatic nitrogens is 1. The third-order valence-corrected chi connectivity index (χ3v) is 4.75. The van der Waals surface area contributed by atoms with E-state index in [0.29, 0.717) is 17.1 Å². The van der Waals surface area contributed by atoms with Gasteiger partial charge in [0.15, 0.2) is 11.6 Å². The first-order chi connectivity index (χ1) is 11.4. The summed E-state index contributed by atoms with van der Waals surface area (Å²) in [6.45, 7) is -0.174. The number of aromatic amines is 1. The van der Waals surface area contributed by atoms with Crippen LogP contribution in [0.3, 0.4) is 0 Å². The van der Waals surface area contributed by atoms with Gasteiger partial charge in [-0.15, -0.1) is 0 Å². The summed E-state index contributed by atoms with van der Waals surface area (Å²) in [6.07, 6.45) is 7.11. The molecular formula is C16H11F3N2O2S. The molecule has 0 fully saturated rings. The Morgan fingerprint density at radius 1 is 1.04 bits per heavy atom. The second kappa shape index (κ2) is 6.16. The summed E-state index contributed by atoms with van der Waals surface area (Å²) < 4.78 is 66.0. The van der Waals surface area contributed by atoms with Crippen LogP contribution in [0.25, 0.3) is 11.8 Å². The van der Waals surface area contributed by atoms with Crippen molar-refractivity contribution in [3.05, 3.63) is 70.1 Å². The van der Waals surface area contributed by atoms with Gasteiger partial charge >= 0.3 is 0 Å². The Bertz CT molecular complexity index is 1100. The summed E-state index contributed by atoms with van der Waals surface area (Å²) in [6, 6.07) is 2.21. The molecule has 24 heavy (non-hydrogen) atoms. The lowest BCUT2D eigenvalue weighted by atomic mass is 10.3. The number of hydrogen-bond acceptors (Lipinski definition) is 2. The van der Waals surface area contributed by atoms with Crippen molar-refractivity contribution < 1.29 is 21.6 Å². The fourth-order valence-electron chi connectivity index (χ4n) is 2.18. The summed E-state index contributed by atoms with van der Waals surface area (Å²) in [7, 11) is -4.34. The molecule has 0 radical (unpaired) electrons. The van der Waals surface area contributed by atoms with Gasteiger partial charge in [-0.3, -0.25) is 0 Å². The van der Waals surface area contributed by atoms with Crippen molar-refractivity contribution in [1.29, 1.82) is 0 Å². The number of rotatable bonds is 4. The first-order valence-electron chi connectivity index (χ1n) is 6.83. The van der Waals surface area contributed by atoms with Crippen LogP contribution in [0.15, 0.2) is 41.3 Å². The number of allylic oxidation sites excluding steroid dienone is 3. The molecule has 0 aliphatic heterocycles. The molecule has 4 nitrogen and oxygen atoms in total. The van der Waals surface area contributed by atoms with E-state index in [1.165, 1.54) is 0 Å². The number of fused-ring (bicyclic) bond motifs is 1. The third kappa shape index (κ3) is 3.21. The van der Waals surface area contributed by atoms with Crippen molar-refractivity contribution in [3.63, 3.8) is 0 Å². The van der Waals surface area contributed by atoms with Gasteiger partial charge in [-0.2, -0.15) is 0 Å². The van der Waals surface area contributed by atoms with E-state index in [4.69, 9.17) is 0 Å². The summed E-state index contributed by atoms with van der Waals surface area (Å²) in [5.41, 5.74) is 3.48. The predicted molar refractivity (Wildman–Crippen MR) is 82.0 cm³/mol. The molecule has 0 saturated carbocycles. The predicted octanol–water partition coefficient (Wildman–Crippen LogP) is 1.20. The SMILES string of the molecule is O=S(=O)(NCc1cc2c([nH]1)=C=CC=CC=2)c1cc(F)c(F)cc1F. The molecule has 2 N–H and O–H groups in total. The standard InChI is InChI=1S/C16H11F3N2O2S/c17-12-7-14(19)16(8-13(12)18)24(22,23)20-9-11-6-10-4-2-1-3-5-15(10)21-11/h1-4,6-8,20-21H,9H2. The van der Waals surface area contributed by atoms with Crippen LogP contribution in [0.4, 0.5) is 13.2 Å². The minimum atomic E-state index is -4.34. The van der Waals surface area contributed by atoms with Gasteiger partial charge in [-0.25, -0.2) is 26.3 Å². The van der Waals surface area contributed by atoms with Gasteiger partial charge in [-0.1, -0.05) is 24.0 Å². The fourth-order valence-corrected chi connectivity index (χ4v) is 3.26. The van der Waals surface area contributed by atoms with E-state index < -0.39 is 32.4 Å². The second-order valence-corrected chi connectivity index (χ2v) is 6.74. The van der Waals surface area contributed by atoms with Crippen LogP contribution in [-0.4, -0.2) is 13.4 Å². The molecule has 0 atom stereocenters. The van der Waals surface area contributed by atoms with E-state index >= 15 is 0 Å². The number of halogens is 3. The first kappa shape index (κ1) is 16.3. The maximum atomic E-state index is 13.6. The number of hydrogen-bond donors (Lipinski definition) is 2. The lowest BCUT2D eigenvalue weighted by molar-refractivity contribution is 0.481. The average Bonchev–Trinajstić information content (AvgIpc) is 2.78. The van der Waals surface area contributed by atoms with Gasteiger partial charge < -0.3 is 4.98 Å². The molecule has 8 heteroatoms. The first-order valence-corrected chi connectivity index (χ1v) is 8.31. The molecule has 0 bridgehead atoms. The molecule has 1 aromatic heterocycles. The summed E-state index contributed by atoms with van der Waals surface area (Å²) in [5, 5.41) is 1.49. The maximum Gasteiger partial charge on any atom is 0.243 e. The molecule has 1 heterocycles. The zero-order valence-corrected chi connectivity index (χ0v) is 12.9. The van der Waals surface area contributed by atoms with Crippen molar-refractivity contribution in [1.82, 2.24) is 9.71 Å². The van der Waals surface area contributed by atoms with E-state index in [9.17, 15) is 21.6 Å². The highest BCUT2D eigenvalue weighted by Crippen LogP contribution is 2.18. The molecule has 0 spiro atoms. The molecule has 1 aliphatic carbocycles. The van der Waals surface area contributed by atoms with Gasteiger partial charge in [0.2, 0.25) is 10.0 Å². The van der Waals surface area contributed by atoms with E-state index in [1.54, 1.807) is 24.3 Å². The van der Waals surface area contributed by atoms with Crippen LogP contribution in [0.2, 0.25) is 0 Å². The fraction of sp³-hybridized carbons (Fsp3) is 0.0625. The van der Waals surface area contributed by atoms with E-state index in [0.717, 1.165) is 5.22 Å². The van der Waals surface area contributed by atoms with E-state index in [2.05, 4.69) is 15.4 Å². The second-order valence-electron chi connectivity index (χ2n) is 5.01. The topological polar surface area (TPSA) is 62.0 Å². The Hall–Kier alpha value is -2.54. The van der Waals surface area contributed by atoms with Crippen molar-refractivity contribution in [2.24, 2.45) is 0 Å². The molecule has 1 aromatic carbocycles. The highest BCUT2D eigenvalue weighted by molar-refractivity contribution is 7.89. The number of H-pyrrole nitrogens is 1. The van der Waals surface area contributed by atoms with Crippen LogP contribution >= 0.6 is 0 Å². The lowest BCUT2D eigenvalue weighted by Crippen LogP contribution is -2.25. The number of benzene rings is 1. The number of sulfonamides is 1. The molecule has 1 aliphatic rings. The molecule has 0 unspecified atom stereocenters. The zero-order valence-electron chi connectivity index (χ0n) is 12.1. The van der Waals surface area contributed by atoms with Crippen LogP contribution < -0.4 is 15.3 Å². The van der Waals surface area contributed by atoms with Gasteiger partial charge in [0.05, 0.1) is 11.9 Å². The third-order valence-electron chi connectivity index (χ3n) is 3.33. The van der Waals surface area contributed by atoms with Crippen molar-refractivity contribution in [3.8, 4) is 0 Å². The molecule has 3 rings (SSSR count). The quantitative estimate of drug-likeness (QED) is 0.813. The lowest BCUT2D eigenvalue weighted by Gasteiger charge is -2.07. The monoisotopic (exact) mass is 352 g/mol. The largest absolute Gasteiger partial charge is 0.351 e. The Kier molecular flexibility index (Phi) is 4.19. The van der Waals surface area contributed by atoms with Crippen LogP contribution in [-0.2, 0) is 16.6 Å². The van der Waals surface area contributed by atoms with Crippen LogP contribution in [0.1, 0.15) is 5.69 Å².